The van der Waals surface area contributed by atoms with E-state index < -0.39 is 0 Å². The second-order valence-corrected chi connectivity index (χ2v) is 5.03. The third kappa shape index (κ3) is 2.15. The molecule has 1 aliphatic rings. The maximum absolute atomic E-state index is 3.81. The smallest absolute Gasteiger partial charge is 0.000707 e. The topological polar surface area (TPSA) is 0 Å². The molecule has 93 valence electrons. The highest BCUT2D eigenvalue weighted by Crippen LogP contribution is 2.37. The van der Waals surface area contributed by atoms with Crippen molar-refractivity contribution in [2.24, 2.45) is 0 Å². The molecule has 3 rings (SSSR count). The van der Waals surface area contributed by atoms with Gasteiger partial charge < -0.3 is 0 Å². The molecule has 2 aromatic rings. The Morgan fingerprint density at radius 1 is 1.00 bits per heavy atom. The Morgan fingerprint density at radius 2 is 1.79 bits per heavy atom. The van der Waals surface area contributed by atoms with E-state index in [0.29, 0.717) is 0 Å². The largest absolute Gasteiger partial charge is 0.103 e. The van der Waals surface area contributed by atoms with Crippen LogP contribution in [-0.2, 0) is 19.3 Å². The SMILES string of the molecule is C=CCc1[c]c2c(cc1)-c1ccc(CC=C)cc1C2. The first-order chi connectivity index (χ1) is 9.31. The third-order valence-corrected chi connectivity index (χ3v) is 3.66. The summed E-state index contributed by atoms with van der Waals surface area (Å²) in [6.45, 7) is 7.60. The maximum atomic E-state index is 3.81. The van der Waals surface area contributed by atoms with E-state index in [1.165, 1.54) is 33.4 Å². The van der Waals surface area contributed by atoms with Gasteiger partial charge >= 0.3 is 0 Å². The molecule has 1 aliphatic carbocycles. The van der Waals surface area contributed by atoms with Crippen molar-refractivity contribution in [1.82, 2.24) is 0 Å². The molecule has 0 nitrogen and oxygen atoms in total. The van der Waals surface area contributed by atoms with E-state index in [1.54, 1.807) is 0 Å². The summed E-state index contributed by atoms with van der Waals surface area (Å²) in [6, 6.07) is 14.7. The van der Waals surface area contributed by atoms with Gasteiger partial charge in [0.1, 0.15) is 0 Å². The van der Waals surface area contributed by atoms with Gasteiger partial charge in [0.15, 0.2) is 0 Å². The molecule has 0 aliphatic heterocycles. The zero-order valence-corrected chi connectivity index (χ0v) is 11.1. The van der Waals surface area contributed by atoms with Crippen molar-refractivity contribution in [3.05, 3.63) is 84.0 Å². The molecule has 0 unspecified atom stereocenters. The molecular weight excluding hydrogens is 228 g/mol. The molecule has 1 radical (unpaired) electrons. The second-order valence-electron chi connectivity index (χ2n) is 5.03. The maximum Gasteiger partial charge on any atom is -0.000707 e. The lowest BCUT2D eigenvalue weighted by Gasteiger charge is -2.04. The number of fused-ring (bicyclic) bond motifs is 3. The number of allylic oxidation sites excluding steroid dienone is 2. The zero-order chi connectivity index (χ0) is 13.2. The first-order valence-electron chi connectivity index (χ1n) is 6.70. The van der Waals surface area contributed by atoms with Gasteiger partial charge in [0, 0.05) is 0 Å². The highest BCUT2D eigenvalue weighted by molar-refractivity contribution is 5.77. The third-order valence-electron chi connectivity index (χ3n) is 3.66. The Balaban J connectivity index is 2.00. The number of hydrogen-bond acceptors (Lipinski definition) is 0. The minimum absolute atomic E-state index is 0.894. The average molecular weight is 245 g/mol. The molecule has 0 aromatic heterocycles. The molecule has 2 aromatic carbocycles. The first-order valence-corrected chi connectivity index (χ1v) is 6.70. The minimum atomic E-state index is 0.894. The Morgan fingerprint density at radius 3 is 2.58 bits per heavy atom. The van der Waals surface area contributed by atoms with Crippen LogP contribution in [0.5, 0.6) is 0 Å². The normalized spacial score (nSPS) is 11.8. The fraction of sp³-hybridized carbons (Fsp3) is 0.158. The van der Waals surface area contributed by atoms with Gasteiger partial charge in [-0.25, -0.2) is 0 Å². The molecule has 0 saturated heterocycles. The van der Waals surface area contributed by atoms with Crippen molar-refractivity contribution in [1.29, 1.82) is 0 Å². The lowest BCUT2D eigenvalue weighted by molar-refractivity contribution is 1.19. The molecule has 0 spiro atoms. The van der Waals surface area contributed by atoms with Crippen LogP contribution in [0.1, 0.15) is 22.3 Å². The average Bonchev–Trinajstić information content (AvgIpc) is 2.76. The van der Waals surface area contributed by atoms with Crippen LogP contribution < -0.4 is 0 Å². The van der Waals surface area contributed by atoms with Gasteiger partial charge in [-0.3, -0.25) is 0 Å². The van der Waals surface area contributed by atoms with E-state index >= 15 is 0 Å². The molecule has 19 heavy (non-hydrogen) atoms. The lowest BCUT2D eigenvalue weighted by Crippen LogP contribution is -1.86. The molecule has 0 bridgehead atoms. The zero-order valence-electron chi connectivity index (χ0n) is 11.1. The minimum Gasteiger partial charge on any atom is -0.103 e. The van der Waals surface area contributed by atoms with Crippen LogP contribution in [0, 0.1) is 6.07 Å². The van der Waals surface area contributed by atoms with Gasteiger partial charge in [-0.1, -0.05) is 42.5 Å². The van der Waals surface area contributed by atoms with E-state index in [4.69, 9.17) is 0 Å². The molecule has 0 heteroatoms. The second kappa shape index (κ2) is 4.89. The summed E-state index contributed by atoms with van der Waals surface area (Å²) in [4.78, 5) is 0. The van der Waals surface area contributed by atoms with Crippen LogP contribution in [0.2, 0.25) is 0 Å². The van der Waals surface area contributed by atoms with Crippen LogP contribution >= 0.6 is 0 Å². The Labute approximate surface area is 115 Å². The van der Waals surface area contributed by atoms with Crippen molar-refractivity contribution in [3.63, 3.8) is 0 Å². The summed E-state index contributed by atoms with van der Waals surface area (Å²) in [7, 11) is 0. The Bertz CT molecular complexity index is 590. The van der Waals surface area contributed by atoms with E-state index in [2.05, 4.69) is 49.6 Å². The molecule has 0 heterocycles. The highest BCUT2D eigenvalue weighted by Gasteiger charge is 2.18. The van der Waals surface area contributed by atoms with Gasteiger partial charge in [-0.05, 0) is 58.7 Å². The van der Waals surface area contributed by atoms with Gasteiger partial charge in [0.05, 0.1) is 0 Å². The number of benzene rings is 2. The summed E-state index contributed by atoms with van der Waals surface area (Å²) < 4.78 is 0. The highest BCUT2D eigenvalue weighted by atomic mass is 14.2. The predicted octanol–water partition coefficient (Wildman–Crippen LogP) is 4.51. The van der Waals surface area contributed by atoms with Crippen molar-refractivity contribution >= 4 is 0 Å². The molecule has 0 N–H and O–H groups in total. The summed E-state index contributed by atoms with van der Waals surface area (Å²) in [5.74, 6) is 0. The van der Waals surface area contributed by atoms with Crippen molar-refractivity contribution < 1.29 is 0 Å². The molecule has 0 atom stereocenters. The summed E-state index contributed by atoms with van der Waals surface area (Å²) in [5, 5.41) is 0. The van der Waals surface area contributed by atoms with Crippen molar-refractivity contribution in [2.45, 2.75) is 19.3 Å². The fourth-order valence-electron chi connectivity index (χ4n) is 2.79. The Hall–Kier alpha value is -2.08. The van der Waals surface area contributed by atoms with Gasteiger partial charge in [-0.2, -0.15) is 0 Å². The van der Waals surface area contributed by atoms with E-state index in [1.807, 2.05) is 12.2 Å². The van der Waals surface area contributed by atoms with Gasteiger partial charge in [0.2, 0.25) is 0 Å². The Kier molecular flexibility index (Phi) is 3.08. The summed E-state index contributed by atoms with van der Waals surface area (Å²) in [6.07, 6.45) is 6.72. The van der Waals surface area contributed by atoms with Crippen molar-refractivity contribution in [3.8, 4) is 11.1 Å². The van der Waals surface area contributed by atoms with Crippen LogP contribution in [0.4, 0.5) is 0 Å². The molecular formula is C19H17. The van der Waals surface area contributed by atoms with E-state index in [0.717, 1.165) is 19.3 Å². The van der Waals surface area contributed by atoms with Crippen LogP contribution in [0.15, 0.2) is 55.6 Å². The predicted molar refractivity (Wildman–Crippen MR) is 81.3 cm³/mol. The van der Waals surface area contributed by atoms with E-state index in [-0.39, 0.29) is 0 Å². The van der Waals surface area contributed by atoms with Gasteiger partial charge in [0.25, 0.3) is 0 Å². The standard InChI is InChI=1S/C19H17/c1-3-5-14-7-9-18-16(11-14)13-17-12-15(6-4-2)8-10-19(17)18/h3-4,7-11H,1-2,5-6,13H2. The number of rotatable bonds is 4. The molecule has 0 fully saturated rings. The fourth-order valence-corrected chi connectivity index (χ4v) is 2.79. The summed E-state index contributed by atoms with van der Waals surface area (Å²) >= 11 is 0. The van der Waals surface area contributed by atoms with Crippen LogP contribution in [0.3, 0.4) is 0 Å². The van der Waals surface area contributed by atoms with Gasteiger partial charge in [-0.15, -0.1) is 13.2 Å². The van der Waals surface area contributed by atoms with E-state index in [9.17, 15) is 0 Å². The number of hydrogen-bond donors (Lipinski definition) is 0. The lowest BCUT2D eigenvalue weighted by atomic mass is 10.0. The quantitative estimate of drug-likeness (QED) is 0.593. The summed E-state index contributed by atoms with van der Waals surface area (Å²) in [5.41, 5.74) is 8.02. The molecule has 0 amide bonds. The van der Waals surface area contributed by atoms with Crippen molar-refractivity contribution in [2.75, 3.05) is 0 Å². The van der Waals surface area contributed by atoms with Crippen LogP contribution in [-0.4, -0.2) is 0 Å². The van der Waals surface area contributed by atoms with Crippen LogP contribution in [0.25, 0.3) is 11.1 Å². The first kappa shape index (κ1) is 12.0. The molecule has 0 saturated carbocycles. The monoisotopic (exact) mass is 245 g/mol.